The first-order valence-electron chi connectivity index (χ1n) is 6.41. The molecule has 2 unspecified atom stereocenters. The fourth-order valence-corrected chi connectivity index (χ4v) is 1.94. The van der Waals surface area contributed by atoms with Gasteiger partial charge in [-0.1, -0.05) is 24.9 Å². The van der Waals surface area contributed by atoms with Crippen LogP contribution in [0, 0.1) is 11.7 Å². The van der Waals surface area contributed by atoms with E-state index in [0.29, 0.717) is 5.69 Å². The second-order valence-corrected chi connectivity index (χ2v) is 5.33. The number of nitrogens with one attached hydrogen (secondary N) is 1. The van der Waals surface area contributed by atoms with Crippen molar-refractivity contribution in [2.45, 2.75) is 39.2 Å². The van der Waals surface area contributed by atoms with Crippen LogP contribution in [0.5, 0.6) is 0 Å². The summed E-state index contributed by atoms with van der Waals surface area (Å²) >= 11 is 5.85. The topological polar surface area (TPSA) is 55.1 Å². The van der Waals surface area contributed by atoms with E-state index < -0.39 is 5.82 Å². The van der Waals surface area contributed by atoms with E-state index >= 15 is 0 Å². The Labute approximate surface area is 118 Å². The largest absolute Gasteiger partial charge is 0.328 e. The molecule has 19 heavy (non-hydrogen) atoms. The van der Waals surface area contributed by atoms with Crippen LogP contribution in [0.4, 0.5) is 10.1 Å². The molecule has 0 aliphatic heterocycles. The van der Waals surface area contributed by atoms with Crippen molar-refractivity contribution in [1.82, 2.24) is 0 Å². The molecule has 0 fully saturated rings. The average Bonchev–Trinajstić information content (AvgIpc) is 2.32. The van der Waals surface area contributed by atoms with Gasteiger partial charge in [-0.2, -0.15) is 0 Å². The van der Waals surface area contributed by atoms with Crippen LogP contribution in [0.15, 0.2) is 18.2 Å². The zero-order valence-electron chi connectivity index (χ0n) is 11.2. The van der Waals surface area contributed by atoms with Crippen LogP contribution in [0.3, 0.4) is 0 Å². The van der Waals surface area contributed by atoms with Crippen molar-refractivity contribution in [3.8, 4) is 0 Å². The molecule has 0 aliphatic rings. The maximum Gasteiger partial charge on any atom is 0.227 e. The molecule has 2 atom stereocenters. The Morgan fingerprint density at radius 3 is 2.68 bits per heavy atom. The molecular weight excluding hydrogens is 267 g/mol. The van der Waals surface area contributed by atoms with Gasteiger partial charge in [-0.05, 0) is 38.0 Å². The molecule has 0 radical (unpaired) electrons. The quantitative estimate of drug-likeness (QED) is 0.840. The van der Waals surface area contributed by atoms with Gasteiger partial charge in [-0.15, -0.1) is 0 Å². The lowest BCUT2D eigenvalue weighted by Gasteiger charge is -2.13. The van der Waals surface area contributed by atoms with Crippen LogP contribution in [0.2, 0.25) is 5.02 Å². The fraction of sp³-hybridized carbons (Fsp3) is 0.500. The lowest BCUT2D eigenvalue weighted by molar-refractivity contribution is -0.119. The van der Waals surface area contributed by atoms with E-state index in [-0.39, 0.29) is 22.9 Å². The Morgan fingerprint density at radius 1 is 1.42 bits per heavy atom. The lowest BCUT2D eigenvalue weighted by atomic mass is 10.0. The maximum atomic E-state index is 12.9. The molecule has 106 valence electrons. The number of carbonyl (C=O) groups is 1. The molecular formula is C14H20ClFN2O. The van der Waals surface area contributed by atoms with E-state index in [1.807, 2.05) is 13.8 Å². The highest BCUT2D eigenvalue weighted by molar-refractivity contribution is 6.33. The van der Waals surface area contributed by atoms with Crippen molar-refractivity contribution in [3.63, 3.8) is 0 Å². The molecule has 1 amide bonds. The van der Waals surface area contributed by atoms with Gasteiger partial charge < -0.3 is 11.1 Å². The van der Waals surface area contributed by atoms with Crippen molar-refractivity contribution in [2.75, 3.05) is 5.32 Å². The fourth-order valence-electron chi connectivity index (χ4n) is 1.72. The molecule has 1 aromatic carbocycles. The van der Waals surface area contributed by atoms with E-state index in [1.165, 1.54) is 18.2 Å². The molecule has 0 bridgehead atoms. The number of rotatable bonds is 6. The second-order valence-electron chi connectivity index (χ2n) is 4.92. The van der Waals surface area contributed by atoms with Crippen LogP contribution in [-0.2, 0) is 4.79 Å². The summed E-state index contributed by atoms with van der Waals surface area (Å²) in [6.07, 6.45) is 2.57. The number of carbonyl (C=O) groups excluding carboxylic acids is 1. The van der Waals surface area contributed by atoms with Crippen molar-refractivity contribution in [2.24, 2.45) is 11.7 Å². The summed E-state index contributed by atoms with van der Waals surface area (Å²) in [7, 11) is 0. The summed E-state index contributed by atoms with van der Waals surface area (Å²) in [4.78, 5) is 11.9. The Kier molecular flexibility index (Phi) is 6.25. The number of amides is 1. The van der Waals surface area contributed by atoms with Crippen molar-refractivity contribution in [3.05, 3.63) is 29.0 Å². The van der Waals surface area contributed by atoms with Crippen LogP contribution < -0.4 is 11.1 Å². The molecule has 0 spiro atoms. The molecule has 1 rings (SSSR count). The minimum Gasteiger partial charge on any atom is -0.328 e. The van der Waals surface area contributed by atoms with Gasteiger partial charge in [0.1, 0.15) is 5.82 Å². The van der Waals surface area contributed by atoms with Gasteiger partial charge in [0.2, 0.25) is 5.91 Å². The Morgan fingerprint density at radius 2 is 2.11 bits per heavy atom. The first-order chi connectivity index (χ1) is 8.90. The van der Waals surface area contributed by atoms with Gasteiger partial charge in [0, 0.05) is 12.0 Å². The van der Waals surface area contributed by atoms with Crippen LogP contribution >= 0.6 is 11.6 Å². The number of hydrogen-bond acceptors (Lipinski definition) is 2. The van der Waals surface area contributed by atoms with Gasteiger partial charge in [-0.3, -0.25) is 4.79 Å². The molecule has 0 heterocycles. The van der Waals surface area contributed by atoms with E-state index in [0.717, 1.165) is 19.3 Å². The minimum absolute atomic E-state index is 0.113. The van der Waals surface area contributed by atoms with Gasteiger partial charge in [-0.25, -0.2) is 4.39 Å². The summed E-state index contributed by atoms with van der Waals surface area (Å²) < 4.78 is 12.9. The van der Waals surface area contributed by atoms with Crippen LogP contribution in [-0.4, -0.2) is 11.9 Å². The zero-order valence-corrected chi connectivity index (χ0v) is 12.0. The third-order valence-electron chi connectivity index (χ3n) is 2.93. The smallest absolute Gasteiger partial charge is 0.227 e. The summed E-state index contributed by atoms with van der Waals surface area (Å²) in [5.74, 6) is -0.661. The Balaban J connectivity index is 2.49. The average molecular weight is 287 g/mol. The summed E-state index contributed by atoms with van der Waals surface area (Å²) in [5.41, 5.74) is 6.10. The molecule has 5 heteroatoms. The van der Waals surface area contributed by atoms with Crippen molar-refractivity contribution in [1.29, 1.82) is 0 Å². The third kappa shape index (κ3) is 5.57. The van der Waals surface area contributed by atoms with Gasteiger partial charge >= 0.3 is 0 Å². The predicted octanol–water partition coefficient (Wildman–Crippen LogP) is 3.57. The Hall–Kier alpha value is -1.13. The molecule has 0 saturated heterocycles. The maximum absolute atomic E-state index is 12.9. The highest BCUT2D eigenvalue weighted by atomic mass is 35.5. The summed E-state index contributed by atoms with van der Waals surface area (Å²) in [6, 6.07) is 4.06. The molecule has 0 aliphatic carbocycles. The number of hydrogen-bond donors (Lipinski definition) is 2. The zero-order chi connectivity index (χ0) is 14.4. The van der Waals surface area contributed by atoms with Gasteiger partial charge in [0.25, 0.3) is 0 Å². The normalized spacial score (nSPS) is 13.9. The SMILES string of the molecule is CC(N)CCCC(C)C(=O)Nc1ccc(F)cc1Cl. The minimum atomic E-state index is -0.423. The van der Waals surface area contributed by atoms with Crippen molar-refractivity contribution < 1.29 is 9.18 Å². The lowest BCUT2D eigenvalue weighted by Crippen LogP contribution is -2.21. The van der Waals surface area contributed by atoms with E-state index in [4.69, 9.17) is 17.3 Å². The monoisotopic (exact) mass is 286 g/mol. The first kappa shape index (κ1) is 15.9. The highest BCUT2D eigenvalue weighted by Gasteiger charge is 2.14. The third-order valence-corrected chi connectivity index (χ3v) is 3.25. The molecule has 3 nitrogen and oxygen atoms in total. The predicted molar refractivity (Wildman–Crippen MR) is 76.7 cm³/mol. The summed E-state index contributed by atoms with van der Waals surface area (Å²) in [6.45, 7) is 3.80. The van der Waals surface area contributed by atoms with Gasteiger partial charge in [0.15, 0.2) is 0 Å². The van der Waals surface area contributed by atoms with Crippen molar-refractivity contribution >= 4 is 23.2 Å². The highest BCUT2D eigenvalue weighted by Crippen LogP contribution is 2.23. The van der Waals surface area contributed by atoms with E-state index in [2.05, 4.69) is 5.32 Å². The van der Waals surface area contributed by atoms with Gasteiger partial charge in [0.05, 0.1) is 10.7 Å². The molecule has 0 aromatic heterocycles. The van der Waals surface area contributed by atoms with Crippen LogP contribution in [0.25, 0.3) is 0 Å². The number of halogens is 2. The summed E-state index contributed by atoms with van der Waals surface area (Å²) in [5, 5.41) is 2.91. The number of anilines is 1. The first-order valence-corrected chi connectivity index (χ1v) is 6.79. The number of benzene rings is 1. The number of nitrogens with two attached hydrogens (primary N) is 1. The molecule has 3 N–H and O–H groups in total. The standard InChI is InChI=1S/C14H20ClFN2O/c1-9(4-3-5-10(2)17)14(19)18-13-7-6-11(16)8-12(13)15/h6-10H,3-5,17H2,1-2H3,(H,18,19). The van der Waals surface area contributed by atoms with Crippen LogP contribution in [0.1, 0.15) is 33.1 Å². The Bertz CT molecular complexity index is 437. The second kappa shape index (κ2) is 7.46. The van der Waals surface area contributed by atoms with E-state index in [1.54, 1.807) is 0 Å². The van der Waals surface area contributed by atoms with E-state index in [9.17, 15) is 9.18 Å². The molecule has 1 aromatic rings. The molecule has 0 saturated carbocycles.